The monoisotopic (exact) mass is 198 g/mol. The summed E-state index contributed by atoms with van der Waals surface area (Å²) in [5, 5.41) is 0. The third kappa shape index (κ3) is 1.24. The molecule has 0 atom stereocenters. The van der Waals surface area contributed by atoms with Crippen LogP contribution < -0.4 is 10.5 Å². The Morgan fingerprint density at radius 2 is 2.07 bits per heavy atom. The Kier molecular flexibility index (Phi) is 1.65. The first-order chi connectivity index (χ1) is 7.34. The third-order valence-electron chi connectivity index (χ3n) is 2.47. The molecular weight excluding hydrogens is 188 g/mol. The Labute approximate surface area is 87.6 Å². The van der Waals surface area contributed by atoms with Crippen molar-refractivity contribution in [1.82, 2.24) is 0 Å². The van der Waals surface area contributed by atoms with Crippen molar-refractivity contribution in [3.05, 3.63) is 47.9 Å². The van der Waals surface area contributed by atoms with E-state index < -0.39 is 0 Å². The highest BCUT2D eigenvalue weighted by molar-refractivity contribution is 6.13. The second-order valence-corrected chi connectivity index (χ2v) is 3.49. The number of fused-ring (bicyclic) bond motifs is 2. The van der Waals surface area contributed by atoms with Crippen molar-refractivity contribution in [3.63, 3.8) is 0 Å². The summed E-state index contributed by atoms with van der Waals surface area (Å²) in [7, 11) is 0. The minimum absolute atomic E-state index is 0.696. The lowest BCUT2D eigenvalue weighted by Gasteiger charge is -2.21. The van der Waals surface area contributed by atoms with Crippen molar-refractivity contribution in [2.75, 3.05) is 0 Å². The van der Waals surface area contributed by atoms with E-state index in [4.69, 9.17) is 10.5 Å². The van der Waals surface area contributed by atoms with Gasteiger partial charge in [-0.25, -0.2) is 4.99 Å². The number of nitrogens with two attached hydrogens (primary N) is 1. The average molecular weight is 198 g/mol. The molecule has 0 bridgehead atoms. The SMILES string of the molecule is NC1=CCC=C2Oc3ccccc3N=C12. The van der Waals surface area contributed by atoms with E-state index in [0.29, 0.717) is 5.70 Å². The molecule has 3 rings (SSSR count). The second kappa shape index (κ2) is 2.98. The zero-order valence-electron chi connectivity index (χ0n) is 8.10. The number of hydrogen-bond acceptors (Lipinski definition) is 3. The number of para-hydroxylation sites is 2. The van der Waals surface area contributed by atoms with E-state index >= 15 is 0 Å². The fourth-order valence-electron chi connectivity index (χ4n) is 1.71. The highest BCUT2D eigenvalue weighted by Gasteiger charge is 2.21. The van der Waals surface area contributed by atoms with Gasteiger partial charge in [-0.1, -0.05) is 18.2 Å². The predicted octanol–water partition coefficient (Wildman–Crippen LogP) is 2.28. The van der Waals surface area contributed by atoms with Crippen LogP contribution in [0.1, 0.15) is 6.42 Å². The Balaban J connectivity index is 2.18. The number of ether oxygens (including phenoxy) is 1. The van der Waals surface area contributed by atoms with Gasteiger partial charge in [0, 0.05) is 0 Å². The zero-order chi connectivity index (χ0) is 10.3. The van der Waals surface area contributed by atoms with Gasteiger partial charge in [0.1, 0.15) is 11.4 Å². The van der Waals surface area contributed by atoms with Crippen LogP contribution in [-0.4, -0.2) is 5.71 Å². The molecule has 2 aliphatic rings. The molecule has 0 saturated heterocycles. The van der Waals surface area contributed by atoms with Crippen molar-refractivity contribution in [2.45, 2.75) is 6.42 Å². The van der Waals surface area contributed by atoms with Crippen LogP contribution >= 0.6 is 0 Å². The number of nitrogens with zero attached hydrogens (tertiary/aromatic N) is 1. The summed E-state index contributed by atoms with van der Waals surface area (Å²) in [4.78, 5) is 4.48. The smallest absolute Gasteiger partial charge is 0.153 e. The summed E-state index contributed by atoms with van der Waals surface area (Å²) in [6.07, 6.45) is 4.74. The van der Waals surface area contributed by atoms with E-state index in [1.165, 1.54) is 0 Å². The number of hydrogen-bond donors (Lipinski definition) is 1. The fraction of sp³-hybridized carbons (Fsp3) is 0.0833. The Bertz CT molecular complexity index is 512. The minimum Gasteiger partial charge on any atom is -0.453 e. The lowest BCUT2D eigenvalue weighted by Crippen LogP contribution is -2.22. The summed E-state index contributed by atoms with van der Waals surface area (Å²) < 4.78 is 5.72. The van der Waals surface area contributed by atoms with Crippen LogP contribution in [0.5, 0.6) is 5.75 Å². The van der Waals surface area contributed by atoms with E-state index in [0.717, 1.165) is 29.3 Å². The molecule has 1 heterocycles. The maximum Gasteiger partial charge on any atom is 0.153 e. The minimum atomic E-state index is 0.696. The van der Waals surface area contributed by atoms with Gasteiger partial charge in [0.2, 0.25) is 0 Å². The summed E-state index contributed by atoms with van der Waals surface area (Å²) >= 11 is 0. The molecule has 15 heavy (non-hydrogen) atoms. The molecular formula is C12H10N2O. The van der Waals surface area contributed by atoms with Gasteiger partial charge in [-0.05, 0) is 24.6 Å². The van der Waals surface area contributed by atoms with Gasteiger partial charge in [-0.2, -0.15) is 0 Å². The van der Waals surface area contributed by atoms with Crippen molar-refractivity contribution >= 4 is 11.4 Å². The standard InChI is InChI=1S/C12H10N2O/c13-8-4-3-7-11-12(8)14-9-5-1-2-6-10(9)15-11/h1-2,4-7H,3,13H2. The molecule has 0 fully saturated rings. The normalized spacial score (nSPS) is 17.7. The molecule has 0 unspecified atom stereocenters. The number of allylic oxidation sites excluding steroid dienone is 2. The summed E-state index contributed by atoms with van der Waals surface area (Å²) in [6, 6.07) is 7.69. The quantitative estimate of drug-likeness (QED) is 0.695. The maximum absolute atomic E-state index is 5.86. The van der Waals surface area contributed by atoms with Crippen LogP contribution in [0.25, 0.3) is 0 Å². The Hall–Kier alpha value is -2.03. The maximum atomic E-state index is 5.86. The first kappa shape index (κ1) is 8.29. The van der Waals surface area contributed by atoms with E-state index in [-0.39, 0.29) is 0 Å². The van der Waals surface area contributed by atoms with Crippen molar-refractivity contribution < 1.29 is 4.74 Å². The van der Waals surface area contributed by atoms with Crippen LogP contribution in [-0.2, 0) is 0 Å². The first-order valence-electron chi connectivity index (χ1n) is 4.87. The van der Waals surface area contributed by atoms with Crippen molar-refractivity contribution in [3.8, 4) is 5.75 Å². The van der Waals surface area contributed by atoms with Crippen LogP contribution in [0.15, 0.2) is 52.9 Å². The van der Waals surface area contributed by atoms with Gasteiger partial charge in [0.05, 0.1) is 5.70 Å². The van der Waals surface area contributed by atoms with Gasteiger partial charge >= 0.3 is 0 Å². The highest BCUT2D eigenvalue weighted by atomic mass is 16.5. The summed E-state index contributed by atoms with van der Waals surface area (Å²) in [5.41, 5.74) is 8.14. The molecule has 2 N–H and O–H groups in total. The molecule has 0 spiro atoms. The predicted molar refractivity (Wildman–Crippen MR) is 59.1 cm³/mol. The van der Waals surface area contributed by atoms with E-state index in [9.17, 15) is 0 Å². The van der Waals surface area contributed by atoms with Crippen molar-refractivity contribution in [1.29, 1.82) is 0 Å². The topological polar surface area (TPSA) is 47.6 Å². The van der Waals surface area contributed by atoms with E-state index in [1.807, 2.05) is 36.4 Å². The molecule has 0 amide bonds. The van der Waals surface area contributed by atoms with Gasteiger partial charge in [0.15, 0.2) is 11.5 Å². The molecule has 1 aliphatic heterocycles. The van der Waals surface area contributed by atoms with Gasteiger partial charge in [0.25, 0.3) is 0 Å². The Morgan fingerprint density at radius 1 is 1.20 bits per heavy atom. The van der Waals surface area contributed by atoms with Crippen LogP contribution in [0, 0.1) is 0 Å². The number of rotatable bonds is 0. The van der Waals surface area contributed by atoms with Crippen LogP contribution in [0.2, 0.25) is 0 Å². The van der Waals surface area contributed by atoms with E-state index in [2.05, 4.69) is 4.99 Å². The van der Waals surface area contributed by atoms with Crippen molar-refractivity contribution in [2.24, 2.45) is 10.7 Å². The lowest BCUT2D eigenvalue weighted by molar-refractivity contribution is 0.447. The first-order valence-corrected chi connectivity index (χ1v) is 4.87. The molecule has 1 aliphatic carbocycles. The fourth-order valence-corrected chi connectivity index (χ4v) is 1.71. The average Bonchev–Trinajstić information content (AvgIpc) is 2.27. The van der Waals surface area contributed by atoms with Gasteiger partial charge < -0.3 is 10.5 Å². The van der Waals surface area contributed by atoms with Gasteiger partial charge in [-0.3, -0.25) is 0 Å². The molecule has 74 valence electrons. The summed E-state index contributed by atoms with van der Waals surface area (Å²) in [6.45, 7) is 0. The molecule has 0 radical (unpaired) electrons. The highest BCUT2D eigenvalue weighted by Crippen LogP contribution is 2.35. The van der Waals surface area contributed by atoms with Crippen LogP contribution in [0.3, 0.4) is 0 Å². The molecule has 0 saturated carbocycles. The molecule has 1 aromatic carbocycles. The second-order valence-electron chi connectivity index (χ2n) is 3.49. The largest absolute Gasteiger partial charge is 0.453 e. The molecule has 3 heteroatoms. The number of aliphatic imine (C=N–C) groups is 1. The number of benzene rings is 1. The summed E-state index contributed by atoms with van der Waals surface area (Å²) in [5.74, 6) is 1.57. The molecule has 0 aromatic heterocycles. The van der Waals surface area contributed by atoms with Gasteiger partial charge in [-0.15, -0.1) is 0 Å². The molecule has 1 aromatic rings. The zero-order valence-corrected chi connectivity index (χ0v) is 8.10. The van der Waals surface area contributed by atoms with Crippen LogP contribution in [0.4, 0.5) is 5.69 Å². The molecule has 3 nitrogen and oxygen atoms in total. The Morgan fingerprint density at radius 3 is 3.00 bits per heavy atom. The lowest BCUT2D eigenvalue weighted by atomic mass is 10.1. The van der Waals surface area contributed by atoms with E-state index in [1.54, 1.807) is 0 Å². The third-order valence-corrected chi connectivity index (χ3v) is 2.47.